The molecule has 2 saturated carbocycles. The van der Waals surface area contributed by atoms with E-state index in [1.165, 1.54) is 0 Å². The molecule has 1 aromatic rings. The summed E-state index contributed by atoms with van der Waals surface area (Å²) in [7, 11) is 0. The highest BCUT2D eigenvalue weighted by molar-refractivity contribution is 7.79. The maximum absolute atomic E-state index is 13.6. The second-order valence-corrected chi connectivity index (χ2v) is 10.8. The standard InChI is InChI=1S/C23H32N2O4S/c1-23(17-8-9-17,19-5-2-10-24-19)25-22(26)18-13-16(21(30(27)28)14-6-7-14)12-15-4-3-11-29-20(15)18/h12-14,17,19,21,24H,2-11H2,1H3,(H,25,26)(H,27,28). The van der Waals surface area contributed by atoms with Crippen LogP contribution in [-0.4, -0.2) is 39.4 Å². The average molecular weight is 433 g/mol. The van der Waals surface area contributed by atoms with Crippen LogP contribution >= 0.6 is 0 Å². The number of nitrogens with one attached hydrogen (secondary N) is 2. The summed E-state index contributed by atoms with van der Waals surface area (Å²) in [5.41, 5.74) is 2.05. The largest absolute Gasteiger partial charge is 0.492 e. The second-order valence-electron chi connectivity index (χ2n) is 9.70. The van der Waals surface area contributed by atoms with Crippen LogP contribution in [0.25, 0.3) is 0 Å². The molecule has 1 amide bonds. The Labute approximate surface area is 180 Å². The highest BCUT2D eigenvalue weighted by atomic mass is 32.2. The van der Waals surface area contributed by atoms with Crippen molar-refractivity contribution in [3.8, 4) is 5.75 Å². The summed E-state index contributed by atoms with van der Waals surface area (Å²) in [4.78, 5) is 13.6. The van der Waals surface area contributed by atoms with Crippen LogP contribution in [0.5, 0.6) is 5.75 Å². The number of carbonyl (C=O) groups excluding carboxylic acids is 1. The summed E-state index contributed by atoms with van der Waals surface area (Å²) in [6.07, 6.45) is 8.20. The van der Waals surface area contributed by atoms with Crippen LogP contribution in [0.1, 0.15) is 78.6 Å². The fourth-order valence-electron chi connectivity index (χ4n) is 5.46. The zero-order chi connectivity index (χ0) is 20.9. The summed E-state index contributed by atoms with van der Waals surface area (Å²) in [6.45, 7) is 3.79. The molecular weight excluding hydrogens is 400 g/mol. The predicted molar refractivity (Wildman–Crippen MR) is 116 cm³/mol. The van der Waals surface area contributed by atoms with Crippen LogP contribution in [0.2, 0.25) is 0 Å². The normalized spacial score (nSPS) is 27.5. The minimum absolute atomic E-state index is 0.114. The van der Waals surface area contributed by atoms with E-state index in [-0.39, 0.29) is 23.4 Å². The minimum Gasteiger partial charge on any atom is -0.492 e. The number of benzene rings is 1. The molecule has 3 N–H and O–H groups in total. The monoisotopic (exact) mass is 432 g/mol. The third-order valence-electron chi connectivity index (χ3n) is 7.46. The average Bonchev–Trinajstić information content (AvgIpc) is 3.66. The van der Waals surface area contributed by atoms with Crippen molar-refractivity contribution in [2.24, 2.45) is 11.8 Å². The van der Waals surface area contributed by atoms with Crippen LogP contribution in [0.3, 0.4) is 0 Å². The van der Waals surface area contributed by atoms with E-state index in [0.29, 0.717) is 23.8 Å². The van der Waals surface area contributed by atoms with Gasteiger partial charge >= 0.3 is 0 Å². The highest BCUT2D eigenvalue weighted by Gasteiger charge is 2.49. The van der Waals surface area contributed by atoms with Gasteiger partial charge < -0.3 is 19.9 Å². The quantitative estimate of drug-likeness (QED) is 0.575. The lowest BCUT2D eigenvalue weighted by Crippen LogP contribution is -2.59. The molecule has 4 unspecified atom stereocenters. The molecular formula is C23H32N2O4S. The molecule has 0 radical (unpaired) electrons. The van der Waals surface area contributed by atoms with Crippen LogP contribution in [0.15, 0.2) is 12.1 Å². The molecule has 3 fully saturated rings. The zero-order valence-corrected chi connectivity index (χ0v) is 18.4. The van der Waals surface area contributed by atoms with Crippen LogP contribution < -0.4 is 15.4 Å². The second kappa shape index (κ2) is 7.92. The number of aryl methyl sites for hydroxylation is 1. The number of amides is 1. The molecule has 1 aromatic carbocycles. The van der Waals surface area contributed by atoms with Gasteiger partial charge in [-0.25, -0.2) is 4.21 Å². The van der Waals surface area contributed by atoms with E-state index in [0.717, 1.165) is 69.0 Å². The first-order chi connectivity index (χ1) is 14.5. The summed E-state index contributed by atoms with van der Waals surface area (Å²) in [6, 6.07) is 4.12. The molecule has 0 aromatic heterocycles. The van der Waals surface area contributed by atoms with Crippen molar-refractivity contribution in [3.05, 3.63) is 28.8 Å². The van der Waals surface area contributed by atoms with E-state index in [9.17, 15) is 13.6 Å². The highest BCUT2D eigenvalue weighted by Crippen LogP contribution is 2.47. The van der Waals surface area contributed by atoms with Gasteiger partial charge in [0.1, 0.15) is 5.75 Å². The van der Waals surface area contributed by atoms with Crippen molar-refractivity contribution in [2.75, 3.05) is 13.2 Å². The molecule has 2 heterocycles. The van der Waals surface area contributed by atoms with Crippen molar-refractivity contribution < 1.29 is 18.3 Å². The smallest absolute Gasteiger partial charge is 0.255 e. The van der Waals surface area contributed by atoms with Gasteiger partial charge in [-0.3, -0.25) is 4.79 Å². The van der Waals surface area contributed by atoms with Gasteiger partial charge in [0.05, 0.1) is 23.0 Å². The Hall–Kier alpha value is -1.44. The SMILES string of the molecule is CC(NC(=O)c1cc(C(C2CC2)S(=O)O)cc2c1OCCC2)(C1CC1)C1CCCN1. The molecule has 4 atom stereocenters. The number of ether oxygens (including phenoxy) is 1. The Kier molecular flexibility index (Phi) is 5.40. The number of hydrogen-bond acceptors (Lipinski definition) is 4. The van der Waals surface area contributed by atoms with E-state index in [2.05, 4.69) is 17.6 Å². The van der Waals surface area contributed by atoms with E-state index in [1.807, 2.05) is 12.1 Å². The summed E-state index contributed by atoms with van der Waals surface area (Å²) in [5.74, 6) is 1.28. The molecule has 5 rings (SSSR count). The Morgan fingerprint density at radius 2 is 2.07 bits per heavy atom. The fourth-order valence-corrected chi connectivity index (χ4v) is 6.43. The molecule has 30 heavy (non-hydrogen) atoms. The molecule has 0 spiro atoms. The number of carbonyl (C=O) groups is 1. The lowest BCUT2D eigenvalue weighted by molar-refractivity contribution is 0.0863. The van der Waals surface area contributed by atoms with E-state index in [4.69, 9.17) is 4.74 Å². The van der Waals surface area contributed by atoms with Gasteiger partial charge in [0.2, 0.25) is 0 Å². The Morgan fingerprint density at radius 3 is 2.70 bits per heavy atom. The van der Waals surface area contributed by atoms with Gasteiger partial charge in [-0.15, -0.1) is 0 Å². The molecule has 4 aliphatic rings. The van der Waals surface area contributed by atoms with Gasteiger partial charge in [-0.2, -0.15) is 0 Å². The fraction of sp³-hybridized carbons (Fsp3) is 0.696. The maximum atomic E-state index is 13.6. The third kappa shape index (κ3) is 3.80. The summed E-state index contributed by atoms with van der Waals surface area (Å²) < 4.78 is 28.0. The molecule has 1 saturated heterocycles. The van der Waals surface area contributed by atoms with E-state index in [1.54, 1.807) is 0 Å². The first kappa shape index (κ1) is 20.5. The first-order valence-corrected chi connectivity index (χ1v) is 12.6. The van der Waals surface area contributed by atoms with Crippen molar-refractivity contribution in [1.29, 1.82) is 0 Å². The zero-order valence-electron chi connectivity index (χ0n) is 17.6. The van der Waals surface area contributed by atoms with Gasteiger partial charge in [0, 0.05) is 6.04 Å². The van der Waals surface area contributed by atoms with Crippen molar-refractivity contribution in [1.82, 2.24) is 10.6 Å². The van der Waals surface area contributed by atoms with Crippen LogP contribution in [0.4, 0.5) is 0 Å². The molecule has 7 heteroatoms. The number of hydrogen-bond donors (Lipinski definition) is 3. The van der Waals surface area contributed by atoms with Gasteiger partial charge in [-0.1, -0.05) is 6.07 Å². The van der Waals surface area contributed by atoms with Crippen LogP contribution in [0, 0.1) is 11.8 Å². The van der Waals surface area contributed by atoms with Crippen molar-refractivity contribution in [3.63, 3.8) is 0 Å². The lowest BCUT2D eigenvalue weighted by Gasteiger charge is -2.37. The van der Waals surface area contributed by atoms with Crippen LogP contribution in [-0.2, 0) is 17.5 Å². The number of rotatable bonds is 7. The van der Waals surface area contributed by atoms with Gasteiger partial charge in [0.25, 0.3) is 5.91 Å². The number of fused-ring (bicyclic) bond motifs is 1. The van der Waals surface area contributed by atoms with E-state index < -0.39 is 16.3 Å². The van der Waals surface area contributed by atoms with Gasteiger partial charge in [0.15, 0.2) is 11.1 Å². The Morgan fingerprint density at radius 1 is 1.27 bits per heavy atom. The molecule has 6 nitrogen and oxygen atoms in total. The molecule has 2 aliphatic heterocycles. The Balaban J connectivity index is 1.49. The molecule has 0 bridgehead atoms. The predicted octanol–water partition coefficient (Wildman–Crippen LogP) is 3.33. The van der Waals surface area contributed by atoms with Crippen molar-refractivity contribution >= 4 is 17.0 Å². The van der Waals surface area contributed by atoms with E-state index >= 15 is 0 Å². The molecule has 164 valence electrons. The Bertz CT molecular complexity index is 861. The maximum Gasteiger partial charge on any atom is 0.255 e. The summed E-state index contributed by atoms with van der Waals surface area (Å²) >= 11 is -1.95. The molecule has 2 aliphatic carbocycles. The van der Waals surface area contributed by atoms with Crippen molar-refractivity contribution in [2.45, 2.75) is 75.1 Å². The third-order valence-corrected chi connectivity index (χ3v) is 8.55. The lowest BCUT2D eigenvalue weighted by atomic mass is 9.85. The minimum atomic E-state index is -1.95. The first-order valence-electron chi connectivity index (χ1n) is 11.4. The van der Waals surface area contributed by atoms with Gasteiger partial charge in [-0.05, 0) is 93.9 Å². The topological polar surface area (TPSA) is 87.7 Å². The summed E-state index contributed by atoms with van der Waals surface area (Å²) in [5, 5.41) is 6.55.